The smallest absolute Gasteiger partial charge is 0.410 e. The van der Waals surface area contributed by atoms with E-state index in [1.165, 1.54) is 0 Å². The van der Waals surface area contributed by atoms with Crippen LogP contribution in [0.5, 0.6) is 0 Å². The third kappa shape index (κ3) is 6.93. The van der Waals surface area contributed by atoms with E-state index in [0.29, 0.717) is 24.8 Å². The molecule has 0 bridgehead atoms. The third-order valence-corrected chi connectivity index (χ3v) is 8.07. The molecule has 0 spiro atoms. The molecule has 2 aromatic heterocycles. The number of hydrogen-bond acceptors (Lipinski definition) is 8. The van der Waals surface area contributed by atoms with E-state index >= 15 is 0 Å². The molecule has 4 heterocycles. The van der Waals surface area contributed by atoms with Crippen LogP contribution in [0.2, 0.25) is 0 Å². The van der Waals surface area contributed by atoms with E-state index in [-0.39, 0.29) is 24.3 Å². The number of imidazole rings is 1. The largest absolute Gasteiger partial charge is 0.444 e. The van der Waals surface area contributed by atoms with Crippen molar-refractivity contribution in [3.05, 3.63) is 66.4 Å². The van der Waals surface area contributed by atoms with Gasteiger partial charge < -0.3 is 19.0 Å². The Hall–Kier alpha value is -4.67. The molecule has 1 N–H and O–H groups in total. The number of aromatic amines is 1. The van der Waals surface area contributed by atoms with Gasteiger partial charge in [-0.3, -0.25) is 9.80 Å². The Balaban J connectivity index is 1.11. The first-order chi connectivity index (χ1) is 21.8. The molecule has 0 saturated carbocycles. The first-order valence-corrected chi connectivity index (χ1v) is 15.9. The summed E-state index contributed by atoms with van der Waals surface area (Å²) >= 11 is 0. The molecular weight excluding hydrogens is 584 g/mol. The number of benzene rings is 2. The number of hydrogen-bond donors (Lipinski definition) is 1. The molecule has 11 heteroatoms. The van der Waals surface area contributed by atoms with Gasteiger partial charge in [0.05, 0.1) is 17.9 Å². The molecule has 2 atom stereocenters. The second-order valence-electron chi connectivity index (χ2n) is 14.0. The molecule has 0 radical (unpaired) electrons. The zero-order chi connectivity index (χ0) is 32.6. The van der Waals surface area contributed by atoms with Crippen molar-refractivity contribution in [3.63, 3.8) is 0 Å². The van der Waals surface area contributed by atoms with Crippen LogP contribution < -0.4 is 0 Å². The maximum absolute atomic E-state index is 12.8. The summed E-state index contributed by atoms with van der Waals surface area (Å²) in [5, 5.41) is 4.20. The van der Waals surface area contributed by atoms with Gasteiger partial charge in [-0.25, -0.2) is 14.6 Å². The molecule has 2 aliphatic heterocycles. The highest BCUT2D eigenvalue weighted by atomic mass is 16.6. The number of nitrogens with zero attached hydrogens (tertiary/aromatic N) is 5. The van der Waals surface area contributed by atoms with Crippen molar-refractivity contribution in [3.8, 4) is 33.8 Å². The van der Waals surface area contributed by atoms with Crippen molar-refractivity contribution in [2.24, 2.45) is 0 Å². The van der Waals surface area contributed by atoms with Crippen LogP contribution in [0.4, 0.5) is 9.59 Å². The van der Waals surface area contributed by atoms with Crippen LogP contribution in [0, 0.1) is 0 Å². The van der Waals surface area contributed by atoms with Gasteiger partial charge in [-0.15, -0.1) is 0 Å². The van der Waals surface area contributed by atoms with Gasteiger partial charge in [0.1, 0.15) is 23.1 Å². The van der Waals surface area contributed by atoms with E-state index in [9.17, 15) is 9.59 Å². The molecule has 6 rings (SSSR count). The summed E-state index contributed by atoms with van der Waals surface area (Å²) in [6.45, 7) is 12.5. The molecule has 2 aliphatic rings. The number of likely N-dealkylation sites (tertiary alicyclic amines) is 2. The first-order valence-electron chi connectivity index (χ1n) is 15.9. The number of carbonyl (C=O) groups is 2. The molecular formula is C35H42N6O5. The predicted molar refractivity (Wildman–Crippen MR) is 173 cm³/mol. The Bertz CT molecular complexity index is 1550. The van der Waals surface area contributed by atoms with Crippen molar-refractivity contribution in [1.82, 2.24) is 29.9 Å². The Morgan fingerprint density at radius 1 is 0.761 bits per heavy atom. The summed E-state index contributed by atoms with van der Waals surface area (Å²) in [6.07, 6.45) is 4.51. The minimum atomic E-state index is -0.572. The van der Waals surface area contributed by atoms with E-state index < -0.39 is 11.2 Å². The third-order valence-electron chi connectivity index (χ3n) is 8.07. The van der Waals surface area contributed by atoms with Gasteiger partial charge in [-0.2, -0.15) is 4.98 Å². The van der Waals surface area contributed by atoms with Crippen LogP contribution in [0.15, 0.2) is 59.3 Å². The Morgan fingerprint density at radius 3 is 1.83 bits per heavy atom. The molecule has 46 heavy (non-hydrogen) atoms. The Labute approximate surface area is 269 Å². The van der Waals surface area contributed by atoms with Crippen LogP contribution in [-0.2, 0) is 9.47 Å². The second kappa shape index (κ2) is 12.3. The standard InChI is InChI=1S/C35H42N6O5/c1-34(2,3)44-32(42)40-19-7-9-27(40)30-36-21-26(37-30)24-15-11-22(12-16-24)23-13-17-25(18-14-23)29-38-31(46-39-29)28-10-8-20-41(28)33(43)45-35(4,5)6/h11-18,21,27-28H,7-10,19-20H2,1-6H3,(H,36,37). The van der Waals surface area contributed by atoms with Crippen LogP contribution >= 0.6 is 0 Å². The van der Waals surface area contributed by atoms with Gasteiger partial charge in [0.2, 0.25) is 11.7 Å². The second-order valence-corrected chi connectivity index (χ2v) is 14.0. The SMILES string of the molecule is CC(C)(C)OC(=O)N1CCCC1c1ncc(-c2ccc(-c3ccc(-c4noc(C5CCCN5C(=O)OC(C)(C)C)n4)cc3)cc2)[nH]1. The highest BCUT2D eigenvalue weighted by Gasteiger charge is 2.37. The van der Waals surface area contributed by atoms with Crippen LogP contribution in [0.3, 0.4) is 0 Å². The summed E-state index contributed by atoms with van der Waals surface area (Å²) in [5.41, 5.74) is 3.73. The van der Waals surface area contributed by atoms with Crippen LogP contribution in [0.25, 0.3) is 33.8 Å². The highest BCUT2D eigenvalue weighted by molar-refractivity contribution is 5.72. The van der Waals surface area contributed by atoms with E-state index in [0.717, 1.165) is 59.5 Å². The van der Waals surface area contributed by atoms with E-state index in [2.05, 4.69) is 44.4 Å². The minimum Gasteiger partial charge on any atom is -0.444 e. The summed E-state index contributed by atoms with van der Waals surface area (Å²) in [5.74, 6) is 1.68. The number of nitrogens with one attached hydrogen (secondary N) is 1. The molecule has 2 fully saturated rings. The zero-order valence-corrected chi connectivity index (χ0v) is 27.4. The van der Waals surface area contributed by atoms with Crippen molar-refractivity contribution in [2.45, 2.75) is 90.5 Å². The number of H-pyrrole nitrogens is 1. The van der Waals surface area contributed by atoms with Crippen molar-refractivity contribution >= 4 is 12.2 Å². The summed E-state index contributed by atoms with van der Waals surface area (Å²) in [6, 6.07) is 15.9. The fourth-order valence-electron chi connectivity index (χ4n) is 5.95. The quantitative estimate of drug-likeness (QED) is 0.237. The maximum Gasteiger partial charge on any atom is 0.410 e. The zero-order valence-electron chi connectivity index (χ0n) is 27.4. The molecule has 4 aromatic rings. The number of rotatable bonds is 5. The first kappa shape index (κ1) is 31.3. The molecule has 11 nitrogen and oxygen atoms in total. The van der Waals surface area contributed by atoms with Gasteiger partial charge in [0.15, 0.2) is 0 Å². The fraction of sp³-hybridized carbons (Fsp3) is 0.457. The molecule has 242 valence electrons. The lowest BCUT2D eigenvalue weighted by Gasteiger charge is -2.27. The molecule has 2 aromatic carbocycles. The van der Waals surface area contributed by atoms with Gasteiger partial charge >= 0.3 is 12.2 Å². The highest BCUT2D eigenvalue weighted by Crippen LogP contribution is 2.35. The van der Waals surface area contributed by atoms with Crippen molar-refractivity contribution in [1.29, 1.82) is 0 Å². The number of amides is 2. The molecule has 2 saturated heterocycles. The van der Waals surface area contributed by atoms with Crippen molar-refractivity contribution in [2.75, 3.05) is 13.1 Å². The summed E-state index contributed by atoms with van der Waals surface area (Å²) in [4.78, 5) is 41.6. The maximum atomic E-state index is 12.8. The van der Waals surface area contributed by atoms with Gasteiger partial charge in [-0.1, -0.05) is 53.7 Å². The van der Waals surface area contributed by atoms with Gasteiger partial charge in [-0.05, 0) is 83.9 Å². The van der Waals surface area contributed by atoms with Crippen LogP contribution in [-0.4, -0.2) is 66.4 Å². The lowest BCUT2D eigenvalue weighted by atomic mass is 10.0. The van der Waals surface area contributed by atoms with E-state index in [1.807, 2.05) is 72.0 Å². The average Bonchev–Trinajstić information content (AvgIpc) is 3.82. The number of ether oxygens (including phenoxy) is 2. The summed E-state index contributed by atoms with van der Waals surface area (Å²) < 4.78 is 16.8. The van der Waals surface area contributed by atoms with Crippen LogP contribution in [0.1, 0.15) is 91.0 Å². The topological polar surface area (TPSA) is 127 Å². The number of aromatic nitrogens is 4. The minimum absolute atomic E-state index is 0.126. The molecule has 2 unspecified atom stereocenters. The van der Waals surface area contributed by atoms with Gasteiger partial charge in [0, 0.05) is 18.7 Å². The lowest BCUT2D eigenvalue weighted by molar-refractivity contribution is 0.0195. The average molecular weight is 627 g/mol. The normalized spacial score (nSPS) is 18.7. The number of carbonyl (C=O) groups excluding carboxylic acids is 2. The van der Waals surface area contributed by atoms with E-state index in [1.54, 1.807) is 9.80 Å². The predicted octanol–water partition coefficient (Wildman–Crippen LogP) is 7.94. The molecule has 2 amide bonds. The van der Waals surface area contributed by atoms with Gasteiger partial charge in [0.25, 0.3) is 0 Å². The van der Waals surface area contributed by atoms with Crippen molar-refractivity contribution < 1.29 is 23.6 Å². The van der Waals surface area contributed by atoms with E-state index in [4.69, 9.17) is 14.0 Å². The Kier molecular flexibility index (Phi) is 8.35. The monoisotopic (exact) mass is 626 g/mol. The Morgan fingerprint density at radius 2 is 1.26 bits per heavy atom. The molecule has 0 aliphatic carbocycles. The fourth-order valence-corrected chi connectivity index (χ4v) is 5.95. The lowest BCUT2D eigenvalue weighted by Crippen LogP contribution is -2.36. The summed E-state index contributed by atoms with van der Waals surface area (Å²) in [7, 11) is 0.